The van der Waals surface area contributed by atoms with Crippen LogP contribution in [0.15, 0.2) is 24.3 Å². The first kappa shape index (κ1) is 14.4. The predicted molar refractivity (Wildman–Crippen MR) is 78.3 cm³/mol. The number of aliphatic hydroxyl groups is 1. The van der Waals surface area contributed by atoms with Gasteiger partial charge in [0.1, 0.15) is 5.75 Å². The average Bonchev–Trinajstić information content (AvgIpc) is 2.35. The van der Waals surface area contributed by atoms with Gasteiger partial charge in [-0.05, 0) is 43.6 Å². The highest BCUT2D eigenvalue weighted by Gasteiger charge is 2.44. The molecule has 1 aromatic rings. The molecule has 19 heavy (non-hydrogen) atoms. The summed E-state index contributed by atoms with van der Waals surface area (Å²) in [6, 6.07) is 7.93. The number of hydrogen-bond donors (Lipinski definition) is 1. The van der Waals surface area contributed by atoms with E-state index in [4.69, 9.17) is 4.74 Å². The van der Waals surface area contributed by atoms with Crippen molar-refractivity contribution in [3.63, 3.8) is 0 Å². The minimum atomic E-state index is -0.749. The van der Waals surface area contributed by atoms with Crippen LogP contribution in [0.25, 0.3) is 0 Å². The Morgan fingerprint density at radius 2 is 1.95 bits per heavy atom. The highest BCUT2D eigenvalue weighted by atomic mass is 16.5. The lowest BCUT2D eigenvalue weighted by molar-refractivity contribution is -0.0783. The average molecular weight is 262 g/mol. The first-order chi connectivity index (χ1) is 8.89. The molecule has 106 valence electrons. The second-order valence-electron chi connectivity index (χ2n) is 6.62. The Hall–Kier alpha value is -1.02. The van der Waals surface area contributed by atoms with Crippen LogP contribution in [-0.4, -0.2) is 11.7 Å². The topological polar surface area (TPSA) is 29.5 Å². The molecule has 2 nitrogen and oxygen atoms in total. The summed E-state index contributed by atoms with van der Waals surface area (Å²) in [5.41, 5.74) is 0.535. The smallest absolute Gasteiger partial charge is 0.125 e. The van der Waals surface area contributed by atoms with Crippen LogP contribution in [0.4, 0.5) is 0 Å². The summed E-state index contributed by atoms with van der Waals surface area (Å²) in [7, 11) is 0. The molecule has 1 saturated carbocycles. The van der Waals surface area contributed by atoms with Gasteiger partial charge in [-0.3, -0.25) is 0 Å². The second kappa shape index (κ2) is 5.16. The van der Waals surface area contributed by atoms with Gasteiger partial charge in [-0.25, -0.2) is 0 Å². The maximum absolute atomic E-state index is 11.2. The van der Waals surface area contributed by atoms with Gasteiger partial charge in [-0.2, -0.15) is 0 Å². The molecule has 2 atom stereocenters. The highest BCUT2D eigenvalue weighted by Crippen LogP contribution is 2.50. The third-order valence-corrected chi connectivity index (χ3v) is 4.51. The molecule has 0 amide bonds. The first-order valence-electron chi connectivity index (χ1n) is 7.34. The van der Waals surface area contributed by atoms with Crippen molar-refractivity contribution >= 4 is 0 Å². The van der Waals surface area contributed by atoms with Crippen LogP contribution in [-0.2, 0) is 5.60 Å². The van der Waals surface area contributed by atoms with Crippen LogP contribution >= 0.6 is 0 Å². The molecule has 0 heterocycles. The van der Waals surface area contributed by atoms with E-state index in [0.29, 0.717) is 12.0 Å². The van der Waals surface area contributed by atoms with E-state index >= 15 is 0 Å². The van der Waals surface area contributed by atoms with Gasteiger partial charge in [0.15, 0.2) is 0 Å². The van der Waals surface area contributed by atoms with Gasteiger partial charge in [0.25, 0.3) is 0 Å². The Kier molecular flexibility index (Phi) is 3.91. The second-order valence-corrected chi connectivity index (χ2v) is 6.62. The first-order valence-corrected chi connectivity index (χ1v) is 7.34. The summed E-state index contributed by atoms with van der Waals surface area (Å²) in [4.78, 5) is 0. The van der Waals surface area contributed by atoms with Crippen molar-refractivity contribution < 1.29 is 9.84 Å². The molecule has 0 saturated heterocycles. The van der Waals surface area contributed by atoms with Crippen molar-refractivity contribution in [3.05, 3.63) is 29.8 Å². The Morgan fingerprint density at radius 1 is 1.26 bits per heavy atom. The van der Waals surface area contributed by atoms with E-state index in [1.54, 1.807) is 0 Å². The number of hydrogen-bond acceptors (Lipinski definition) is 2. The quantitative estimate of drug-likeness (QED) is 0.888. The van der Waals surface area contributed by atoms with Crippen LogP contribution in [0, 0.1) is 11.3 Å². The molecular formula is C17H26O2. The van der Waals surface area contributed by atoms with Crippen molar-refractivity contribution in [2.24, 2.45) is 11.3 Å². The summed E-state index contributed by atoms with van der Waals surface area (Å²) in [6.07, 6.45) is 2.91. The van der Waals surface area contributed by atoms with Crippen LogP contribution in [0.2, 0.25) is 0 Å². The largest absolute Gasteiger partial charge is 0.493 e. The molecule has 0 aliphatic heterocycles. The van der Waals surface area contributed by atoms with Crippen LogP contribution in [0.3, 0.4) is 0 Å². The molecule has 1 N–H and O–H groups in total. The van der Waals surface area contributed by atoms with E-state index in [9.17, 15) is 5.11 Å². The molecule has 1 aromatic carbocycles. The molecule has 2 rings (SSSR count). The van der Waals surface area contributed by atoms with Crippen LogP contribution in [0.1, 0.15) is 52.5 Å². The normalized spacial score (nSPS) is 30.1. The third kappa shape index (κ3) is 2.79. The van der Waals surface area contributed by atoms with Gasteiger partial charge in [-0.15, -0.1) is 0 Å². The van der Waals surface area contributed by atoms with E-state index in [1.807, 2.05) is 31.2 Å². The summed E-state index contributed by atoms with van der Waals surface area (Å²) >= 11 is 0. The molecule has 1 aliphatic rings. The minimum Gasteiger partial charge on any atom is -0.493 e. The molecule has 2 unspecified atom stereocenters. The van der Waals surface area contributed by atoms with Gasteiger partial charge in [0, 0.05) is 5.56 Å². The molecule has 2 heteroatoms. The Bertz CT molecular complexity index is 439. The Balaban J connectivity index is 2.35. The van der Waals surface area contributed by atoms with E-state index in [0.717, 1.165) is 30.6 Å². The number of para-hydroxylation sites is 1. The zero-order chi connectivity index (χ0) is 14.1. The SMILES string of the molecule is CCOc1ccccc1C1(O)CCC(C)(C)CC1C. The maximum Gasteiger partial charge on any atom is 0.125 e. The van der Waals surface area contributed by atoms with Gasteiger partial charge in [-0.1, -0.05) is 39.0 Å². The van der Waals surface area contributed by atoms with E-state index in [1.165, 1.54) is 0 Å². The monoisotopic (exact) mass is 262 g/mol. The number of benzene rings is 1. The molecule has 1 aliphatic carbocycles. The van der Waals surface area contributed by atoms with Crippen LogP contribution in [0.5, 0.6) is 5.75 Å². The maximum atomic E-state index is 11.2. The standard InChI is InChI=1S/C17H26O2/c1-5-19-15-9-7-6-8-14(15)17(18)11-10-16(3,4)12-13(17)2/h6-9,13,18H,5,10-12H2,1-4H3. The van der Waals surface area contributed by atoms with Crippen molar-refractivity contribution in [1.82, 2.24) is 0 Å². The van der Waals surface area contributed by atoms with Crippen LogP contribution < -0.4 is 4.74 Å². The summed E-state index contributed by atoms with van der Waals surface area (Å²) in [5.74, 6) is 1.08. The molecule has 0 radical (unpaired) electrons. The lowest BCUT2D eigenvalue weighted by Crippen LogP contribution is -2.41. The number of ether oxygens (including phenoxy) is 1. The molecule has 0 aromatic heterocycles. The molecule has 1 fully saturated rings. The third-order valence-electron chi connectivity index (χ3n) is 4.51. The molecular weight excluding hydrogens is 236 g/mol. The lowest BCUT2D eigenvalue weighted by Gasteiger charge is -2.45. The summed E-state index contributed by atoms with van der Waals surface area (Å²) in [5, 5.41) is 11.2. The zero-order valence-corrected chi connectivity index (χ0v) is 12.6. The Labute approximate surface area is 116 Å². The fourth-order valence-electron chi connectivity index (χ4n) is 3.38. The van der Waals surface area contributed by atoms with E-state index in [-0.39, 0.29) is 5.92 Å². The van der Waals surface area contributed by atoms with E-state index < -0.39 is 5.60 Å². The van der Waals surface area contributed by atoms with Gasteiger partial charge >= 0.3 is 0 Å². The minimum absolute atomic E-state index is 0.248. The number of rotatable bonds is 3. The van der Waals surface area contributed by atoms with Gasteiger partial charge in [0.2, 0.25) is 0 Å². The Morgan fingerprint density at radius 3 is 2.58 bits per heavy atom. The van der Waals surface area contributed by atoms with Crippen molar-refractivity contribution in [1.29, 1.82) is 0 Å². The van der Waals surface area contributed by atoms with Crippen molar-refractivity contribution in [2.45, 2.75) is 52.6 Å². The van der Waals surface area contributed by atoms with E-state index in [2.05, 4.69) is 20.8 Å². The van der Waals surface area contributed by atoms with Crippen molar-refractivity contribution in [2.75, 3.05) is 6.61 Å². The predicted octanol–water partition coefficient (Wildman–Crippen LogP) is 4.12. The fourth-order valence-corrected chi connectivity index (χ4v) is 3.38. The fraction of sp³-hybridized carbons (Fsp3) is 0.647. The zero-order valence-electron chi connectivity index (χ0n) is 12.6. The molecule has 0 bridgehead atoms. The highest BCUT2D eigenvalue weighted by molar-refractivity contribution is 5.39. The lowest BCUT2D eigenvalue weighted by atomic mass is 9.63. The van der Waals surface area contributed by atoms with Gasteiger partial charge < -0.3 is 9.84 Å². The summed E-state index contributed by atoms with van der Waals surface area (Å²) in [6.45, 7) is 9.35. The summed E-state index contributed by atoms with van der Waals surface area (Å²) < 4.78 is 5.70. The van der Waals surface area contributed by atoms with Gasteiger partial charge in [0.05, 0.1) is 12.2 Å². The molecule has 0 spiro atoms. The van der Waals surface area contributed by atoms with Crippen molar-refractivity contribution in [3.8, 4) is 5.75 Å².